The molecule has 1 aliphatic carbocycles. The molecule has 3 rings (SSSR count). The first-order valence-corrected chi connectivity index (χ1v) is 11.5. The fraction of sp³-hybridized carbons (Fsp3) is 0.520. The van der Waals surface area contributed by atoms with E-state index in [1.165, 1.54) is 25.7 Å². The minimum atomic E-state index is -0.0995. The zero-order valence-corrected chi connectivity index (χ0v) is 19.4. The van der Waals surface area contributed by atoms with E-state index in [9.17, 15) is 9.59 Å². The summed E-state index contributed by atoms with van der Waals surface area (Å²) in [5, 5.41) is 0.591. The predicted molar refractivity (Wildman–Crippen MR) is 125 cm³/mol. The zero-order valence-electron chi connectivity index (χ0n) is 18.6. The van der Waals surface area contributed by atoms with Crippen molar-refractivity contribution in [3.63, 3.8) is 0 Å². The number of nitrogens with one attached hydrogen (secondary N) is 1. The van der Waals surface area contributed by atoms with Gasteiger partial charge in [0.25, 0.3) is 5.56 Å². The quantitative estimate of drug-likeness (QED) is 0.541. The van der Waals surface area contributed by atoms with E-state index in [0.717, 1.165) is 41.5 Å². The Balaban J connectivity index is 1.81. The van der Waals surface area contributed by atoms with E-state index >= 15 is 0 Å². The van der Waals surface area contributed by atoms with Gasteiger partial charge in [0.2, 0.25) is 0 Å². The highest BCUT2D eigenvalue weighted by Crippen LogP contribution is 2.32. The number of hydrogen-bond acceptors (Lipinski definition) is 3. The number of nitrogens with zero attached hydrogens (tertiary/aromatic N) is 1. The number of benzene rings is 1. The predicted octanol–water partition coefficient (Wildman–Crippen LogP) is 5.79. The van der Waals surface area contributed by atoms with Crippen LogP contribution < -0.4 is 10.5 Å². The third-order valence-electron chi connectivity index (χ3n) is 6.42. The van der Waals surface area contributed by atoms with Crippen LogP contribution in [0.2, 0.25) is 5.02 Å². The van der Waals surface area contributed by atoms with E-state index in [4.69, 9.17) is 11.6 Å². The lowest BCUT2D eigenvalue weighted by Crippen LogP contribution is -2.29. The maximum Gasteiger partial charge on any atom is 0.251 e. The third-order valence-corrected chi connectivity index (χ3v) is 6.64. The Hall–Kier alpha value is -2.07. The first-order valence-electron chi connectivity index (χ1n) is 11.1. The van der Waals surface area contributed by atoms with Gasteiger partial charge in [0.15, 0.2) is 5.78 Å². The van der Waals surface area contributed by atoms with Gasteiger partial charge in [0, 0.05) is 47.0 Å². The summed E-state index contributed by atoms with van der Waals surface area (Å²) in [5.41, 5.74) is 5.07. The summed E-state index contributed by atoms with van der Waals surface area (Å²) < 4.78 is 0. The second kappa shape index (κ2) is 9.82. The van der Waals surface area contributed by atoms with E-state index in [1.54, 1.807) is 6.07 Å². The van der Waals surface area contributed by atoms with Crippen molar-refractivity contribution >= 4 is 23.1 Å². The van der Waals surface area contributed by atoms with Crippen LogP contribution in [0, 0.1) is 26.7 Å². The van der Waals surface area contributed by atoms with Gasteiger partial charge < -0.3 is 9.88 Å². The summed E-state index contributed by atoms with van der Waals surface area (Å²) in [4.78, 5) is 30.6. The van der Waals surface area contributed by atoms with E-state index < -0.39 is 0 Å². The molecule has 1 aliphatic rings. The van der Waals surface area contributed by atoms with E-state index in [0.29, 0.717) is 29.0 Å². The average molecular weight is 429 g/mol. The Morgan fingerprint density at radius 2 is 1.87 bits per heavy atom. The number of ketones is 1. The van der Waals surface area contributed by atoms with E-state index in [2.05, 4.69) is 16.8 Å². The second-order valence-corrected chi connectivity index (χ2v) is 9.09. The van der Waals surface area contributed by atoms with Crippen molar-refractivity contribution in [3.8, 4) is 0 Å². The van der Waals surface area contributed by atoms with Gasteiger partial charge in [-0.3, -0.25) is 9.59 Å². The number of H-pyrrole nitrogens is 1. The highest BCUT2D eigenvalue weighted by molar-refractivity contribution is 6.31. The molecule has 4 nitrogen and oxygen atoms in total. The summed E-state index contributed by atoms with van der Waals surface area (Å²) in [7, 11) is 0. The number of aromatic amines is 1. The van der Waals surface area contributed by atoms with Crippen LogP contribution in [0.5, 0.6) is 0 Å². The van der Waals surface area contributed by atoms with Crippen molar-refractivity contribution in [2.45, 2.75) is 66.2 Å². The molecule has 0 radical (unpaired) electrons. The first-order chi connectivity index (χ1) is 14.3. The molecule has 0 bridgehead atoms. The largest absolute Gasteiger partial charge is 0.371 e. The molecule has 30 heavy (non-hydrogen) atoms. The van der Waals surface area contributed by atoms with Crippen LogP contribution >= 0.6 is 11.6 Å². The van der Waals surface area contributed by atoms with Crippen LogP contribution in [0.4, 0.5) is 5.69 Å². The summed E-state index contributed by atoms with van der Waals surface area (Å²) in [6.07, 6.45) is 5.93. The summed E-state index contributed by atoms with van der Waals surface area (Å²) in [6, 6.07) is 5.71. The Labute approximate surface area is 184 Å². The fourth-order valence-electron chi connectivity index (χ4n) is 4.75. The standard InChI is InChI=1S/C25H33ClN2O2/c1-5-28(15-19-8-6-7-9-19)23-14-20(26)13-22(18(23)4)24(29)11-10-21-16(2)12-17(3)27-25(21)30/h12-14,19H,5-11,15H2,1-4H3,(H,27,30). The Kier molecular flexibility index (Phi) is 7.41. The van der Waals surface area contributed by atoms with Crippen LogP contribution in [0.25, 0.3) is 0 Å². The Bertz CT molecular complexity index is 974. The molecule has 1 aromatic heterocycles. The van der Waals surface area contributed by atoms with Gasteiger partial charge >= 0.3 is 0 Å². The first kappa shape index (κ1) is 22.6. The Morgan fingerprint density at radius 1 is 1.17 bits per heavy atom. The molecule has 2 aromatic rings. The summed E-state index contributed by atoms with van der Waals surface area (Å²) in [6.45, 7) is 9.87. The van der Waals surface area contributed by atoms with Crippen molar-refractivity contribution in [1.82, 2.24) is 4.98 Å². The van der Waals surface area contributed by atoms with Crippen molar-refractivity contribution < 1.29 is 4.79 Å². The number of anilines is 1. The zero-order chi connectivity index (χ0) is 21.8. The van der Waals surface area contributed by atoms with Crippen molar-refractivity contribution in [1.29, 1.82) is 0 Å². The lowest BCUT2D eigenvalue weighted by atomic mass is 9.96. The molecule has 1 saturated carbocycles. The number of halogens is 1. The highest BCUT2D eigenvalue weighted by Gasteiger charge is 2.22. The molecule has 0 spiro atoms. The molecule has 1 N–H and O–H groups in total. The molecule has 162 valence electrons. The van der Waals surface area contributed by atoms with Crippen molar-refractivity contribution in [2.75, 3.05) is 18.0 Å². The molecule has 0 amide bonds. The number of aromatic nitrogens is 1. The average Bonchev–Trinajstić information content (AvgIpc) is 3.20. The minimum Gasteiger partial charge on any atom is -0.371 e. The van der Waals surface area contributed by atoms with Crippen LogP contribution in [-0.2, 0) is 6.42 Å². The number of Topliss-reactive ketones (excluding diaryl/α,β-unsaturated/α-hetero) is 1. The third kappa shape index (κ3) is 5.15. The second-order valence-electron chi connectivity index (χ2n) is 8.65. The van der Waals surface area contributed by atoms with Gasteiger partial charge in [0.1, 0.15) is 0 Å². The van der Waals surface area contributed by atoms with Crippen LogP contribution in [0.15, 0.2) is 23.0 Å². The van der Waals surface area contributed by atoms with Gasteiger partial charge in [0.05, 0.1) is 0 Å². The topological polar surface area (TPSA) is 53.2 Å². The smallest absolute Gasteiger partial charge is 0.251 e. The number of carbonyl (C=O) groups is 1. The maximum absolute atomic E-state index is 13.1. The molecule has 0 unspecified atom stereocenters. The van der Waals surface area contributed by atoms with Gasteiger partial charge in [-0.1, -0.05) is 24.4 Å². The van der Waals surface area contributed by atoms with Crippen LogP contribution in [0.1, 0.15) is 71.8 Å². The molecule has 0 atom stereocenters. The number of pyridine rings is 1. The molecular formula is C25H33ClN2O2. The SMILES string of the molecule is CCN(CC1CCCC1)c1cc(Cl)cc(C(=O)CCc2c(C)cc(C)[nH]c2=O)c1C. The van der Waals surface area contributed by atoms with Gasteiger partial charge in [-0.15, -0.1) is 0 Å². The number of hydrogen-bond donors (Lipinski definition) is 1. The molecule has 0 saturated heterocycles. The van der Waals surface area contributed by atoms with Crippen LogP contribution in [0.3, 0.4) is 0 Å². The summed E-state index contributed by atoms with van der Waals surface area (Å²) >= 11 is 6.43. The monoisotopic (exact) mass is 428 g/mol. The van der Waals surface area contributed by atoms with Gasteiger partial charge in [-0.2, -0.15) is 0 Å². The lowest BCUT2D eigenvalue weighted by molar-refractivity contribution is 0.0982. The molecule has 1 heterocycles. The number of rotatable bonds is 8. The number of aryl methyl sites for hydroxylation is 2. The highest BCUT2D eigenvalue weighted by atomic mass is 35.5. The Morgan fingerprint density at radius 3 is 2.50 bits per heavy atom. The molecule has 0 aliphatic heterocycles. The molecule has 1 aromatic carbocycles. The van der Waals surface area contributed by atoms with Gasteiger partial charge in [-0.25, -0.2) is 0 Å². The van der Waals surface area contributed by atoms with Crippen molar-refractivity contribution in [2.24, 2.45) is 5.92 Å². The maximum atomic E-state index is 13.1. The number of carbonyl (C=O) groups excluding carboxylic acids is 1. The fourth-order valence-corrected chi connectivity index (χ4v) is 4.96. The molecule has 1 fully saturated rings. The minimum absolute atomic E-state index is 0.0348. The molecular weight excluding hydrogens is 396 g/mol. The molecule has 5 heteroatoms. The van der Waals surface area contributed by atoms with Crippen molar-refractivity contribution in [3.05, 3.63) is 61.5 Å². The van der Waals surface area contributed by atoms with E-state index in [1.807, 2.05) is 32.9 Å². The van der Waals surface area contributed by atoms with Gasteiger partial charge in [-0.05, 0) is 82.2 Å². The summed E-state index contributed by atoms with van der Waals surface area (Å²) in [5.74, 6) is 0.756. The van der Waals surface area contributed by atoms with E-state index in [-0.39, 0.29) is 11.3 Å². The normalized spacial score (nSPS) is 14.3. The lowest BCUT2D eigenvalue weighted by Gasteiger charge is -2.29. The van der Waals surface area contributed by atoms with Crippen LogP contribution in [-0.4, -0.2) is 23.9 Å².